The van der Waals surface area contributed by atoms with Gasteiger partial charge in [0, 0.05) is 26.3 Å². The molecule has 0 aromatic carbocycles. The molecule has 17 heavy (non-hydrogen) atoms. The second kappa shape index (κ2) is 5.50. The Morgan fingerprint density at radius 3 is 2.59 bits per heavy atom. The lowest BCUT2D eigenvalue weighted by molar-refractivity contribution is 0.459. The number of hydrogen-bond acceptors (Lipinski definition) is 4. The van der Waals surface area contributed by atoms with Crippen LogP contribution < -0.4 is 5.73 Å². The Bertz CT molecular complexity index is 467. The number of aryl methyl sites for hydroxylation is 1. The van der Waals surface area contributed by atoms with Gasteiger partial charge in [-0.1, -0.05) is 13.3 Å². The molecule has 1 rings (SSSR count). The van der Waals surface area contributed by atoms with Crippen molar-refractivity contribution in [3.05, 3.63) is 6.20 Å². The van der Waals surface area contributed by atoms with Gasteiger partial charge in [-0.2, -0.15) is 5.10 Å². The van der Waals surface area contributed by atoms with E-state index < -0.39 is 10.0 Å². The maximum atomic E-state index is 12.2. The first-order chi connectivity index (χ1) is 7.93. The van der Waals surface area contributed by atoms with Crippen molar-refractivity contribution in [1.29, 1.82) is 0 Å². The van der Waals surface area contributed by atoms with Crippen LogP contribution in [0.3, 0.4) is 0 Å². The monoisotopic (exact) mass is 260 g/mol. The molecule has 0 spiro atoms. The van der Waals surface area contributed by atoms with Crippen LogP contribution in [-0.4, -0.2) is 36.1 Å². The smallest absolute Gasteiger partial charge is 0.248 e. The van der Waals surface area contributed by atoms with Crippen molar-refractivity contribution in [2.75, 3.05) is 19.3 Å². The van der Waals surface area contributed by atoms with E-state index in [2.05, 4.69) is 5.10 Å². The van der Waals surface area contributed by atoms with Gasteiger partial charge in [0.1, 0.15) is 4.90 Å². The molecule has 0 fully saturated rings. The highest BCUT2D eigenvalue weighted by atomic mass is 32.2. The minimum atomic E-state index is -3.51. The first-order valence-electron chi connectivity index (χ1n) is 5.72. The molecule has 1 heterocycles. The van der Waals surface area contributed by atoms with Gasteiger partial charge in [0.2, 0.25) is 10.0 Å². The third kappa shape index (κ3) is 2.98. The number of nitrogens with zero attached hydrogens (tertiary/aromatic N) is 3. The molecule has 1 aromatic heterocycles. The van der Waals surface area contributed by atoms with Gasteiger partial charge < -0.3 is 5.73 Å². The molecule has 0 amide bonds. The molecule has 0 radical (unpaired) electrons. The van der Waals surface area contributed by atoms with Crippen LogP contribution in [0, 0.1) is 0 Å². The highest BCUT2D eigenvalue weighted by Gasteiger charge is 2.25. The maximum absolute atomic E-state index is 12.2. The van der Waals surface area contributed by atoms with E-state index in [0.717, 1.165) is 12.8 Å². The summed E-state index contributed by atoms with van der Waals surface area (Å²) < 4.78 is 27.2. The number of aromatic nitrogens is 2. The van der Waals surface area contributed by atoms with Crippen molar-refractivity contribution in [2.45, 2.75) is 38.1 Å². The van der Waals surface area contributed by atoms with Crippen LogP contribution in [0.15, 0.2) is 11.1 Å². The standard InChI is InChI=1S/C10H20N4O2S/c1-4-6-7-13(3)17(15,16)9-8-14(5-2)12-10(9)11/h8H,4-7H2,1-3H3,(H2,11,12). The van der Waals surface area contributed by atoms with Crippen LogP contribution >= 0.6 is 0 Å². The summed E-state index contributed by atoms with van der Waals surface area (Å²) in [5.74, 6) is 0.0650. The summed E-state index contributed by atoms with van der Waals surface area (Å²) in [5, 5.41) is 3.95. The van der Waals surface area contributed by atoms with Gasteiger partial charge in [-0.3, -0.25) is 4.68 Å². The van der Waals surface area contributed by atoms with Crippen molar-refractivity contribution in [2.24, 2.45) is 0 Å². The average Bonchev–Trinajstić information content (AvgIpc) is 2.67. The topological polar surface area (TPSA) is 81.2 Å². The molecular weight excluding hydrogens is 240 g/mol. The van der Waals surface area contributed by atoms with Crippen LogP contribution in [0.5, 0.6) is 0 Å². The predicted molar refractivity (Wildman–Crippen MR) is 67.0 cm³/mol. The third-order valence-electron chi connectivity index (χ3n) is 2.59. The molecule has 0 aliphatic carbocycles. The van der Waals surface area contributed by atoms with E-state index in [9.17, 15) is 8.42 Å². The fraction of sp³-hybridized carbons (Fsp3) is 0.700. The number of unbranched alkanes of at least 4 members (excludes halogenated alkanes) is 1. The van der Waals surface area contributed by atoms with E-state index in [1.807, 2.05) is 13.8 Å². The second-order valence-corrected chi connectivity index (χ2v) is 5.93. The largest absolute Gasteiger partial charge is 0.381 e. The Morgan fingerprint density at radius 1 is 1.47 bits per heavy atom. The van der Waals surface area contributed by atoms with Crippen molar-refractivity contribution >= 4 is 15.8 Å². The molecule has 7 heteroatoms. The van der Waals surface area contributed by atoms with Crippen LogP contribution in [0.1, 0.15) is 26.7 Å². The number of nitrogens with two attached hydrogens (primary N) is 1. The molecule has 0 saturated heterocycles. The van der Waals surface area contributed by atoms with Crippen molar-refractivity contribution < 1.29 is 8.42 Å². The Morgan fingerprint density at radius 2 is 2.12 bits per heavy atom. The molecule has 2 N–H and O–H groups in total. The van der Waals surface area contributed by atoms with Gasteiger partial charge in [-0.25, -0.2) is 12.7 Å². The lowest BCUT2D eigenvalue weighted by atomic mass is 10.3. The molecule has 6 nitrogen and oxygen atoms in total. The van der Waals surface area contributed by atoms with Gasteiger partial charge in [0.15, 0.2) is 5.82 Å². The van der Waals surface area contributed by atoms with E-state index in [4.69, 9.17) is 5.73 Å². The number of sulfonamides is 1. The zero-order valence-corrected chi connectivity index (χ0v) is 11.4. The van der Waals surface area contributed by atoms with E-state index >= 15 is 0 Å². The number of rotatable bonds is 6. The van der Waals surface area contributed by atoms with Gasteiger partial charge in [0.25, 0.3) is 0 Å². The van der Waals surface area contributed by atoms with Crippen LogP contribution in [0.2, 0.25) is 0 Å². The summed E-state index contributed by atoms with van der Waals surface area (Å²) in [6, 6.07) is 0. The Balaban J connectivity index is 2.99. The van der Waals surface area contributed by atoms with Crippen molar-refractivity contribution in [3.8, 4) is 0 Å². The quantitative estimate of drug-likeness (QED) is 0.824. The van der Waals surface area contributed by atoms with E-state index in [1.54, 1.807) is 7.05 Å². The normalized spacial score (nSPS) is 12.2. The van der Waals surface area contributed by atoms with Gasteiger partial charge in [-0.05, 0) is 13.3 Å². The minimum absolute atomic E-state index is 0.0650. The van der Waals surface area contributed by atoms with Crippen LogP contribution in [-0.2, 0) is 16.6 Å². The zero-order chi connectivity index (χ0) is 13.1. The Labute approximate surface area is 102 Å². The van der Waals surface area contributed by atoms with Crippen LogP contribution in [0.4, 0.5) is 5.82 Å². The lowest BCUT2D eigenvalue weighted by Crippen LogP contribution is -2.28. The SMILES string of the molecule is CCCCN(C)S(=O)(=O)c1cn(CC)nc1N. The van der Waals surface area contributed by atoms with Gasteiger partial charge in [0.05, 0.1) is 0 Å². The van der Waals surface area contributed by atoms with Crippen molar-refractivity contribution in [3.63, 3.8) is 0 Å². The molecule has 0 atom stereocenters. The third-order valence-corrected chi connectivity index (χ3v) is 4.47. The molecule has 0 aliphatic rings. The molecular formula is C10H20N4O2S. The second-order valence-electron chi connectivity index (χ2n) is 3.91. The molecule has 0 unspecified atom stereocenters. The molecule has 98 valence electrons. The lowest BCUT2D eigenvalue weighted by Gasteiger charge is -2.15. The maximum Gasteiger partial charge on any atom is 0.248 e. The first kappa shape index (κ1) is 14.0. The van der Waals surface area contributed by atoms with E-state index in [1.165, 1.54) is 15.2 Å². The highest BCUT2D eigenvalue weighted by molar-refractivity contribution is 7.89. The minimum Gasteiger partial charge on any atom is -0.381 e. The Hall–Kier alpha value is -1.08. The van der Waals surface area contributed by atoms with Gasteiger partial charge >= 0.3 is 0 Å². The fourth-order valence-corrected chi connectivity index (χ4v) is 2.71. The van der Waals surface area contributed by atoms with Gasteiger partial charge in [-0.15, -0.1) is 0 Å². The molecule has 0 saturated carbocycles. The summed E-state index contributed by atoms with van der Waals surface area (Å²) in [5.41, 5.74) is 5.63. The summed E-state index contributed by atoms with van der Waals surface area (Å²) in [7, 11) is -1.94. The number of anilines is 1. The van der Waals surface area contributed by atoms with E-state index in [0.29, 0.717) is 13.1 Å². The summed E-state index contributed by atoms with van der Waals surface area (Å²) in [6.07, 6.45) is 3.26. The van der Waals surface area contributed by atoms with Crippen LogP contribution in [0.25, 0.3) is 0 Å². The van der Waals surface area contributed by atoms with Crippen molar-refractivity contribution in [1.82, 2.24) is 14.1 Å². The zero-order valence-electron chi connectivity index (χ0n) is 10.5. The fourth-order valence-electron chi connectivity index (χ4n) is 1.45. The first-order valence-corrected chi connectivity index (χ1v) is 7.16. The predicted octanol–water partition coefficient (Wildman–Crippen LogP) is 0.906. The number of nitrogen functional groups attached to an aromatic ring is 1. The summed E-state index contributed by atoms with van der Waals surface area (Å²) in [6.45, 7) is 4.99. The van der Waals surface area contributed by atoms with E-state index in [-0.39, 0.29) is 10.7 Å². The Kier molecular flexibility index (Phi) is 4.53. The molecule has 0 bridgehead atoms. The highest BCUT2D eigenvalue weighted by Crippen LogP contribution is 2.20. The molecule has 1 aromatic rings. The molecule has 0 aliphatic heterocycles. The summed E-state index contributed by atoms with van der Waals surface area (Å²) >= 11 is 0. The average molecular weight is 260 g/mol. The summed E-state index contributed by atoms with van der Waals surface area (Å²) in [4.78, 5) is 0.0953. The number of hydrogen-bond donors (Lipinski definition) is 1.